The molecule has 0 aromatic carbocycles. The van der Waals surface area contributed by atoms with Crippen LogP contribution in [0.5, 0.6) is 0 Å². The number of halogens is 2. The summed E-state index contributed by atoms with van der Waals surface area (Å²) in [5, 5.41) is 1.78. The van der Waals surface area contributed by atoms with Gasteiger partial charge >= 0.3 is 0 Å². The van der Waals surface area contributed by atoms with Crippen LogP contribution in [-0.4, -0.2) is 0 Å². The van der Waals surface area contributed by atoms with Crippen molar-refractivity contribution >= 4 is 11.3 Å². The number of aryl methyl sites for hydroxylation is 1. The largest absolute Gasteiger partial charge is 0.272 e. The van der Waals surface area contributed by atoms with Gasteiger partial charge in [0.2, 0.25) is 0 Å². The molecule has 0 atom stereocenters. The molecular formula is C7H8F2S. The first-order valence-corrected chi connectivity index (χ1v) is 3.97. The molecular weight excluding hydrogens is 154 g/mol. The maximum atomic E-state index is 11.9. The zero-order valence-corrected chi connectivity index (χ0v) is 6.42. The third-order valence-corrected chi connectivity index (χ3v) is 2.29. The van der Waals surface area contributed by atoms with Gasteiger partial charge in [-0.1, -0.05) is 6.92 Å². The van der Waals surface area contributed by atoms with Crippen LogP contribution in [-0.2, 0) is 6.42 Å². The van der Waals surface area contributed by atoms with Crippen LogP contribution in [0.4, 0.5) is 8.78 Å². The van der Waals surface area contributed by atoms with Crippen LogP contribution in [0, 0.1) is 0 Å². The van der Waals surface area contributed by atoms with E-state index in [1.54, 1.807) is 11.4 Å². The second kappa shape index (κ2) is 3.10. The highest BCUT2D eigenvalue weighted by Crippen LogP contribution is 2.25. The van der Waals surface area contributed by atoms with E-state index < -0.39 is 6.43 Å². The molecule has 0 aliphatic rings. The van der Waals surface area contributed by atoms with Crippen molar-refractivity contribution in [2.75, 3.05) is 0 Å². The molecule has 10 heavy (non-hydrogen) atoms. The quantitative estimate of drug-likeness (QED) is 0.626. The zero-order valence-electron chi connectivity index (χ0n) is 5.60. The molecule has 0 aliphatic carbocycles. The molecule has 0 saturated heterocycles. The van der Waals surface area contributed by atoms with Crippen molar-refractivity contribution in [3.63, 3.8) is 0 Å². The van der Waals surface area contributed by atoms with Gasteiger partial charge < -0.3 is 0 Å². The smallest absolute Gasteiger partial charge is 0.204 e. The molecule has 56 valence electrons. The Morgan fingerprint density at radius 2 is 2.30 bits per heavy atom. The summed E-state index contributed by atoms with van der Waals surface area (Å²) in [5.41, 5.74) is 1.00. The van der Waals surface area contributed by atoms with Gasteiger partial charge in [-0.2, -0.15) is 0 Å². The molecule has 1 aromatic heterocycles. The summed E-state index contributed by atoms with van der Waals surface area (Å²) >= 11 is 1.13. The van der Waals surface area contributed by atoms with Gasteiger partial charge in [0.15, 0.2) is 0 Å². The molecule has 0 fully saturated rings. The van der Waals surface area contributed by atoms with E-state index in [1.807, 2.05) is 6.92 Å². The normalized spacial score (nSPS) is 10.8. The van der Waals surface area contributed by atoms with E-state index >= 15 is 0 Å². The van der Waals surface area contributed by atoms with Gasteiger partial charge in [-0.3, -0.25) is 0 Å². The molecule has 3 heteroatoms. The van der Waals surface area contributed by atoms with E-state index in [4.69, 9.17) is 0 Å². The van der Waals surface area contributed by atoms with Gasteiger partial charge in [0.05, 0.1) is 4.88 Å². The number of hydrogen-bond acceptors (Lipinski definition) is 1. The summed E-state index contributed by atoms with van der Waals surface area (Å²) in [4.78, 5) is 0.178. The van der Waals surface area contributed by atoms with E-state index in [1.165, 1.54) is 0 Å². The standard InChI is InChI=1S/C7H8F2S/c1-2-5-3-6(7(8)9)10-4-5/h3-4,7H,2H2,1H3. The maximum absolute atomic E-state index is 11.9. The first kappa shape index (κ1) is 7.66. The summed E-state index contributed by atoms with van der Waals surface area (Å²) in [6.07, 6.45) is -1.46. The summed E-state index contributed by atoms with van der Waals surface area (Å²) < 4.78 is 23.9. The van der Waals surface area contributed by atoms with Gasteiger partial charge in [0.25, 0.3) is 6.43 Å². The summed E-state index contributed by atoms with van der Waals surface area (Å²) in [5.74, 6) is 0. The Bertz CT molecular complexity index is 205. The van der Waals surface area contributed by atoms with Crippen LogP contribution in [0.3, 0.4) is 0 Å². The fourth-order valence-electron chi connectivity index (χ4n) is 0.694. The van der Waals surface area contributed by atoms with Crippen LogP contribution in [0.15, 0.2) is 11.4 Å². The molecule has 0 amide bonds. The molecule has 0 radical (unpaired) electrons. The van der Waals surface area contributed by atoms with Gasteiger partial charge in [-0.25, -0.2) is 8.78 Å². The Kier molecular flexibility index (Phi) is 2.38. The number of alkyl halides is 2. The summed E-state index contributed by atoms with van der Waals surface area (Å²) in [6.45, 7) is 1.96. The minimum Gasteiger partial charge on any atom is -0.204 e. The van der Waals surface area contributed by atoms with Crippen molar-refractivity contribution in [3.8, 4) is 0 Å². The van der Waals surface area contributed by atoms with Crippen LogP contribution in [0.1, 0.15) is 23.8 Å². The van der Waals surface area contributed by atoms with E-state index in [0.29, 0.717) is 0 Å². The molecule has 0 nitrogen and oxygen atoms in total. The van der Waals surface area contributed by atoms with Crippen molar-refractivity contribution in [2.24, 2.45) is 0 Å². The lowest BCUT2D eigenvalue weighted by molar-refractivity contribution is 0.155. The number of thiophene rings is 1. The third-order valence-electron chi connectivity index (χ3n) is 1.30. The molecule has 0 N–H and O–H groups in total. The second-order valence-electron chi connectivity index (χ2n) is 2.01. The highest BCUT2D eigenvalue weighted by Gasteiger charge is 2.08. The highest BCUT2D eigenvalue weighted by molar-refractivity contribution is 7.10. The third kappa shape index (κ3) is 1.53. The monoisotopic (exact) mass is 162 g/mol. The number of hydrogen-bond donors (Lipinski definition) is 0. The lowest BCUT2D eigenvalue weighted by Crippen LogP contribution is -1.75. The van der Waals surface area contributed by atoms with Crippen LogP contribution in [0.25, 0.3) is 0 Å². The van der Waals surface area contributed by atoms with E-state index in [0.717, 1.165) is 23.3 Å². The molecule has 0 saturated carbocycles. The average molecular weight is 162 g/mol. The number of rotatable bonds is 2. The van der Waals surface area contributed by atoms with Gasteiger partial charge in [-0.15, -0.1) is 11.3 Å². The Morgan fingerprint density at radius 1 is 1.60 bits per heavy atom. The minimum absolute atomic E-state index is 0.178. The van der Waals surface area contributed by atoms with E-state index in [-0.39, 0.29) is 4.88 Å². The van der Waals surface area contributed by atoms with Crippen molar-refractivity contribution in [2.45, 2.75) is 19.8 Å². The minimum atomic E-state index is -2.30. The van der Waals surface area contributed by atoms with Crippen molar-refractivity contribution in [1.29, 1.82) is 0 Å². The van der Waals surface area contributed by atoms with Gasteiger partial charge in [-0.05, 0) is 23.4 Å². The van der Waals surface area contributed by atoms with E-state index in [2.05, 4.69) is 0 Å². The second-order valence-corrected chi connectivity index (χ2v) is 2.95. The molecule has 1 aromatic rings. The predicted octanol–water partition coefficient (Wildman–Crippen LogP) is 3.25. The molecule has 0 bridgehead atoms. The van der Waals surface area contributed by atoms with Gasteiger partial charge in [0, 0.05) is 0 Å². The molecule has 0 spiro atoms. The topological polar surface area (TPSA) is 0 Å². The van der Waals surface area contributed by atoms with Crippen molar-refractivity contribution in [3.05, 3.63) is 21.9 Å². The first-order valence-electron chi connectivity index (χ1n) is 3.09. The predicted molar refractivity (Wildman–Crippen MR) is 38.7 cm³/mol. The van der Waals surface area contributed by atoms with Crippen molar-refractivity contribution < 1.29 is 8.78 Å². The highest BCUT2D eigenvalue weighted by atomic mass is 32.1. The zero-order chi connectivity index (χ0) is 7.56. The average Bonchev–Trinajstić information content (AvgIpc) is 2.34. The Morgan fingerprint density at radius 3 is 2.60 bits per heavy atom. The summed E-state index contributed by atoms with van der Waals surface area (Å²) in [7, 11) is 0. The molecule has 1 heterocycles. The Hall–Kier alpha value is -0.440. The molecule has 0 unspecified atom stereocenters. The van der Waals surface area contributed by atoms with E-state index in [9.17, 15) is 8.78 Å². The molecule has 0 aliphatic heterocycles. The fourth-order valence-corrected chi connectivity index (χ4v) is 1.54. The Balaban J connectivity index is 2.78. The Labute approximate surface area is 62.5 Å². The van der Waals surface area contributed by atoms with Crippen LogP contribution in [0.2, 0.25) is 0 Å². The van der Waals surface area contributed by atoms with Crippen LogP contribution >= 0.6 is 11.3 Å². The lowest BCUT2D eigenvalue weighted by atomic mass is 10.2. The van der Waals surface area contributed by atoms with Gasteiger partial charge in [0.1, 0.15) is 0 Å². The molecule has 1 rings (SSSR count). The summed E-state index contributed by atoms with van der Waals surface area (Å²) in [6, 6.07) is 1.56. The fraction of sp³-hybridized carbons (Fsp3) is 0.429. The van der Waals surface area contributed by atoms with Crippen molar-refractivity contribution in [1.82, 2.24) is 0 Å². The lowest BCUT2D eigenvalue weighted by Gasteiger charge is -1.88. The maximum Gasteiger partial charge on any atom is 0.272 e. The van der Waals surface area contributed by atoms with Crippen LogP contribution < -0.4 is 0 Å². The first-order chi connectivity index (χ1) is 4.74. The SMILES string of the molecule is CCc1csc(C(F)F)c1.